The molecule has 0 amide bonds. The van der Waals surface area contributed by atoms with Crippen LogP contribution in [0.5, 0.6) is 0 Å². The van der Waals surface area contributed by atoms with Crippen molar-refractivity contribution in [1.29, 1.82) is 0 Å². The molecule has 1 heterocycles. The quantitative estimate of drug-likeness (QED) is 0.828. The molecule has 3 heteroatoms. The fourth-order valence-electron chi connectivity index (χ4n) is 3.64. The number of nitrogens with two attached hydrogens (primary N) is 1. The SMILES string of the molecule is CC(CN)CN1CCCN(CC2CCCCC2)CC1. The molecule has 2 rings (SSSR count). The summed E-state index contributed by atoms with van der Waals surface area (Å²) in [5, 5.41) is 0. The van der Waals surface area contributed by atoms with E-state index in [0.29, 0.717) is 5.92 Å². The first-order valence-electron chi connectivity index (χ1n) is 8.42. The zero-order chi connectivity index (χ0) is 13.5. The molecular weight excluding hydrogens is 234 g/mol. The molecule has 0 bridgehead atoms. The van der Waals surface area contributed by atoms with Crippen LogP contribution in [0.3, 0.4) is 0 Å². The van der Waals surface area contributed by atoms with Crippen LogP contribution in [0.4, 0.5) is 0 Å². The van der Waals surface area contributed by atoms with Crippen molar-refractivity contribution in [2.75, 3.05) is 45.8 Å². The van der Waals surface area contributed by atoms with E-state index >= 15 is 0 Å². The highest BCUT2D eigenvalue weighted by molar-refractivity contribution is 4.75. The third-order valence-corrected chi connectivity index (χ3v) is 4.89. The molecule has 0 radical (unpaired) electrons. The van der Waals surface area contributed by atoms with Crippen LogP contribution in [0.15, 0.2) is 0 Å². The fourth-order valence-corrected chi connectivity index (χ4v) is 3.64. The molecule has 1 unspecified atom stereocenters. The minimum Gasteiger partial charge on any atom is -0.330 e. The molecule has 1 aliphatic heterocycles. The van der Waals surface area contributed by atoms with Crippen LogP contribution in [-0.4, -0.2) is 55.6 Å². The van der Waals surface area contributed by atoms with Gasteiger partial charge in [0.05, 0.1) is 0 Å². The van der Waals surface area contributed by atoms with Gasteiger partial charge in [-0.2, -0.15) is 0 Å². The van der Waals surface area contributed by atoms with E-state index in [4.69, 9.17) is 5.73 Å². The van der Waals surface area contributed by atoms with E-state index in [1.54, 1.807) is 0 Å². The average Bonchev–Trinajstić information content (AvgIpc) is 2.65. The van der Waals surface area contributed by atoms with Gasteiger partial charge in [-0.05, 0) is 50.7 Å². The molecule has 0 aromatic rings. The topological polar surface area (TPSA) is 32.5 Å². The third-order valence-electron chi connectivity index (χ3n) is 4.89. The molecule has 1 saturated heterocycles. The van der Waals surface area contributed by atoms with Crippen LogP contribution in [-0.2, 0) is 0 Å². The summed E-state index contributed by atoms with van der Waals surface area (Å²) >= 11 is 0. The molecule has 2 N–H and O–H groups in total. The normalized spacial score (nSPS) is 26.2. The summed E-state index contributed by atoms with van der Waals surface area (Å²) in [6.07, 6.45) is 8.71. The van der Waals surface area contributed by atoms with Crippen molar-refractivity contribution in [3.8, 4) is 0 Å². The number of rotatable bonds is 5. The van der Waals surface area contributed by atoms with Gasteiger partial charge in [-0.1, -0.05) is 26.2 Å². The average molecular weight is 267 g/mol. The Morgan fingerprint density at radius 2 is 1.63 bits per heavy atom. The van der Waals surface area contributed by atoms with Crippen molar-refractivity contribution in [3.05, 3.63) is 0 Å². The predicted molar refractivity (Wildman–Crippen MR) is 82.3 cm³/mol. The van der Waals surface area contributed by atoms with Crippen LogP contribution < -0.4 is 5.73 Å². The second-order valence-electron chi connectivity index (χ2n) is 6.80. The molecule has 1 saturated carbocycles. The van der Waals surface area contributed by atoms with Gasteiger partial charge in [-0.15, -0.1) is 0 Å². The fraction of sp³-hybridized carbons (Fsp3) is 1.00. The lowest BCUT2D eigenvalue weighted by Gasteiger charge is -2.29. The van der Waals surface area contributed by atoms with Crippen LogP contribution in [0.1, 0.15) is 45.4 Å². The summed E-state index contributed by atoms with van der Waals surface area (Å²) in [7, 11) is 0. The van der Waals surface area contributed by atoms with Gasteiger partial charge in [0.25, 0.3) is 0 Å². The Balaban J connectivity index is 1.70. The predicted octanol–water partition coefficient (Wildman–Crippen LogP) is 2.17. The van der Waals surface area contributed by atoms with Gasteiger partial charge in [0.1, 0.15) is 0 Å². The summed E-state index contributed by atoms with van der Waals surface area (Å²) in [6, 6.07) is 0. The first-order valence-corrected chi connectivity index (χ1v) is 8.42. The van der Waals surface area contributed by atoms with E-state index in [9.17, 15) is 0 Å². The van der Waals surface area contributed by atoms with Gasteiger partial charge in [0.15, 0.2) is 0 Å². The van der Waals surface area contributed by atoms with E-state index in [1.807, 2.05) is 0 Å². The van der Waals surface area contributed by atoms with E-state index in [2.05, 4.69) is 16.7 Å². The molecule has 2 aliphatic rings. The minimum atomic E-state index is 0.643. The van der Waals surface area contributed by atoms with Crippen LogP contribution in [0.2, 0.25) is 0 Å². The zero-order valence-corrected chi connectivity index (χ0v) is 12.8. The van der Waals surface area contributed by atoms with E-state index in [1.165, 1.54) is 77.8 Å². The molecule has 3 nitrogen and oxygen atoms in total. The number of hydrogen-bond acceptors (Lipinski definition) is 3. The monoisotopic (exact) mass is 267 g/mol. The molecule has 2 fully saturated rings. The molecule has 1 atom stereocenters. The van der Waals surface area contributed by atoms with E-state index < -0.39 is 0 Å². The zero-order valence-electron chi connectivity index (χ0n) is 12.8. The van der Waals surface area contributed by atoms with Gasteiger partial charge in [0, 0.05) is 26.2 Å². The Kier molecular flexibility index (Phi) is 6.62. The largest absolute Gasteiger partial charge is 0.330 e. The molecule has 0 spiro atoms. The smallest absolute Gasteiger partial charge is 0.0109 e. The standard InChI is InChI=1S/C16H33N3/c1-15(12-17)13-18-8-5-9-19(11-10-18)14-16-6-3-2-4-7-16/h15-16H,2-14,17H2,1H3. The lowest BCUT2D eigenvalue weighted by Crippen LogP contribution is -2.36. The number of nitrogens with zero attached hydrogens (tertiary/aromatic N) is 2. The first kappa shape index (κ1) is 15.3. The van der Waals surface area contributed by atoms with Crippen LogP contribution >= 0.6 is 0 Å². The van der Waals surface area contributed by atoms with Crippen LogP contribution in [0.25, 0.3) is 0 Å². The maximum absolute atomic E-state index is 5.74. The lowest BCUT2D eigenvalue weighted by atomic mass is 9.89. The second kappa shape index (κ2) is 8.23. The lowest BCUT2D eigenvalue weighted by molar-refractivity contribution is 0.197. The van der Waals surface area contributed by atoms with Gasteiger partial charge in [-0.3, -0.25) is 0 Å². The molecule has 1 aliphatic carbocycles. The first-order chi connectivity index (χ1) is 9.28. The Bertz CT molecular complexity index is 238. The second-order valence-corrected chi connectivity index (χ2v) is 6.80. The molecule has 0 aromatic carbocycles. The van der Waals surface area contributed by atoms with Gasteiger partial charge >= 0.3 is 0 Å². The van der Waals surface area contributed by atoms with Gasteiger partial charge in [0.2, 0.25) is 0 Å². The Labute approximate surface area is 119 Å². The molecular formula is C16H33N3. The highest BCUT2D eigenvalue weighted by Crippen LogP contribution is 2.24. The van der Waals surface area contributed by atoms with Gasteiger partial charge in [-0.25, -0.2) is 0 Å². The molecule has 0 aromatic heterocycles. The summed E-state index contributed by atoms with van der Waals surface area (Å²) in [4.78, 5) is 5.35. The summed E-state index contributed by atoms with van der Waals surface area (Å²) in [6.45, 7) is 10.7. The third kappa shape index (κ3) is 5.41. The number of hydrogen-bond donors (Lipinski definition) is 1. The highest BCUT2D eigenvalue weighted by atomic mass is 15.2. The van der Waals surface area contributed by atoms with Crippen molar-refractivity contribution in [1.82, 2.24) is 9.80 Å². The summed E-state index contributed by atoms with van der Waals surface area (Å²) < 4.78 is 0. The van der Waals surface area contributed by atoms with E-state index in [-0.39, 0.29) is 0 Å². The van der Waals surface area contributed by atoms with Crippen molar-refractivity contribution in [2.24, 2.45) is 17.6 Å². The minimum absolute atomic E-state index is 0.643. The maximum Gasteiger partial charge on any atom is 0.0109 e. The van der Waals surface area contributed by atoms with Crippen molar-refractivity contribution in [3.63, 3.8) is 0 Å². The van der Waals surface area contributed by atoms with E-state index in [0.717, 1.165) is 12.5 Å². The van der Waals surface area contributed by atoms with Crippen molar-refractivity contribution >= 4 is 0 Å². The molecule has 19 heavy (non-hydrogen) atoms. The Morgan fingerprint density at radius 1 is 0.947 bits per heavy atom. The Hall–Kier alpha value is -0.120. The summed E-state index contributed by atoms with van der Waals surface area (Å²) in [5.41, 5.74) is 5.74. The summed E-state index contributed by atoms with van der Waals surface area (Å²) in [5.74, 6) is 1.63. The maximum atomic E-state index is 5.74. The Morgan fingerprint density at radius 3 is 2.37 bits per heavy atom. The van der Waals surface area contributed by atoms with Crippen molar-refractivity contribution in [2.45, 2.75) is 45.4 Å². The molecule has 112 valence electrons. The highest BCUT2D eigenvalue weighted by Gasteiger charge is 2.20. The van der Waals surface area contributed by atoms with Crippen molar-refractivity contribution < 1.29 is 0 Å². The van der Waals surface area contributed by atoms with Crippen LogP contribution in [0, 0.1) is 11.8 Å². The van der Waals surface area contributed by atoms with Gasteiger partial charge < -0.3 is 15.5 Å².